The molecule has 0 aliphatic rings. The molecule has 0 spiro atoms. The molecule has 0 saturated carbocycles. The van der Waals surface area contributed by atoms with E-state index >= 15 is 0 Å². The molecule has 0 aromatic rings. The third-order valence-electron chi connectivity index (χ3n) is 3.20. The van der Waals surface area contributed by atoms with Crippen LogP contribution in [0.1, 0.15) is 20.3 Å². The number of ether oxygens (including phenoxy) is 1. The summed E-state index contributed by atoms with van der Waals surface area (Å²) in [5.41, 5.74) is 1.15. The first-order chi connectivity index (χ1) is 10.3. The Bertz CT molecular complexity index is 478. The van der Waals surface area contributed by atoms with Gasteiger partial charge in [-0.15, -0.1) is 13.2 Å². The van der Waals surface area contributed by atoms with E-state index in [0.29, 0.717) is 23.7 Å². The number of allylic oxidation sites excluding steroid dienone is 4. The van der Waals surface area contributed by atoms with Crippen LogP contribution in [-0.4, -0.2) is 17.5 Å². The van der Waals surface area contributed by atoms with E-state index in [1.807, 2.05) is 0 Å². The molecule has 0 aliphatic heterocycles. The Hall–Kier alpha value is -2.29. The van der Waals surface area contributed by atoms with Gasteiger partial charge in [-0.3, -0.25) is 4.90 Å². The van der Waals surface area contributed by atoms with E-state index in [1.165, 1.54) is 11.0 Å². The molecular formula is C19H27NO2. The van der Waals surface area contributed by atoms with E-state index in [2.05, 4.69) is 53.3 Å². The fourth-order valence-corrected chi connectivity index (χ4v) is 1.68. The third-order valence-corrected chi connectivity index (χ3v) is 3.20. The molecule has 0 N–H and O–H groups in total. The number of hydrogen-bond acceptors (Lipinski definition) is 2. The Morgan fingerprint density at radius 3 is 2.09 bits per heavy atom. The van der Waals surface area contributed by atoms with Crippen LogP contribution in [0.25, 0.3) is 0 Å². The van der Waals surface area contributed by atoms with Crippen LogP contribution in [0.5, 0.6) is 0 Å². The van der Waals surface area contributed by atoms with Gasteiger partial charge in [-0.2, -0.15) is 0 Å². The van der Waals surface area contributed by atoms with E-state index in [1.54, 1.807) is 12.2 Å². The second-order valence-corrected chi connectivity index (χ2v) is 5.34. The molecule has 0 heterocycles. The van der Waals surface area contributed by atoms with E-state index in [4.69, 9.17) is 4.74 Å². The highest BCUT2D eigenvalue weighted by Crippen LogP contribution is 2.24. The summed E-state index contributed by atoms with van der Waals surface area (Å²) in [5.74, 6) is 0.486. The topological polar surface area (TPSA) is 29.5 Å². The highest BCUT2D eigenvalue weighted by molar-refractivity contribution is 5.72. The van der Waals surface area contributed by atoms with Gasteiger partial charge in [0.2, 0.25) is 0 Å². The SMILES string of the molecule is C=CC(=C)OC(=O)N(CCC(C)C)C(=C)C(=C)C(C=C)C=C. The van der Waals surface area contributed by atoms with Crippen LogP contribution in [-0.2, 0) is 4.74 Å². The van der Waals surface area contributed by atoms with Crippen molar-refractivity contribution < 1.29 is 9.53 Å². The third kappa shape index (κ3) is 6.00. The Balaban J connectivity index is 5.24. The first kappa shape index (κ1) is 19.7. The molecule has 22 heavy (non-hydrogen) atoms. The summed E-state index contributed by atoms with van der Waals surface area (Å²) in [6.07, 6.45) is 5.06. The van der Waals surface area contributed by atoms with Crippen LogP contribution in [0.4, 0.5) is 4.79 Å². The molecule has 0 fully saturated rings. The average Bonchev–Trinajstić information content (AvgIpc) is 2.47. The Morgan fingerprint density at radius 1 is 1.14 bits per heavy atom. The fraction of sp³-hybridized carbons (Fsp3) is 0.316. The molecule has 3 heteroatoms. The number of hydrogen-bond donors (Lipinski definition) is 0. The first-order valence-electron chi connectivity index (χ1n) is 7.22. The zero-order valence-electron chi connectivity index (χ0n) is 13.8. The van der Waals surface area contributed by atoms with Crippen molar-refractivity contribution in [3.8, 4) is 0 Å². The van der Waals surface area contributed by atoms with Crippen molar-refractivity contribution in [3.05, 3.63) is 74.7 Å². The Kier molecular flexibility index (Phi) is 8.61. The zero-order chi connectivity index (χ0) is 17.3. The summed E-state index contributed by atoms with van der Waals surface area (Å²) in [7, 11) is 0. The van der Waals surface area contributed by atoms with Gasteiger partial charge in [0.05, 0.1) is 0 Å². The van der Waals surface area contributed by atoms with Crippen LogP contribution in [0.15, 0.2) is 74.7 Å². The predicted octanol–water partition coefficient (Wildman–Crippen LogP) is 5.23. The minimum absolute atomic E-state index is 0.149. The van der Waals surface area contributed by atoms with Crippen LogP contribution in [0.3, 0.4) is 0 Å². The molecule has 1 amide bonds. The lowest BCUT2D eigenvalue weighted by Gasteiger charge is -2.27. The molecule has 0 unspecified atom stereocenters. The predicted molar refractivity (Wildman–Crippen MR) is 94.1 cm³/mol. The fourth-order valence-electron chi connectivity index (χ4n) is 1.68. The molecule has 0 radical (unpaired) electrons. The lowest BCUT2D eigenvalue weighted by Crippen LogP contribution is -2.33. The number of rotatable bonds is 10. The highest BCUT2D eigenvalue weighted by atomic mass is 16.6. The lowest BCUT2D eigenvalue weighted by molar-refractivity contribution is 0.143. The standard InChI is InChI=1S/C19H27NO2/c1-9-15(6)22-19(21)20(13-12-14(4)5)17(8)16(7)18(10-2)11-3/h9-11,14,18H,1-3,6-8,12-13H2,4-5H3. The van der Waals surface area contributed by atoms with Crippen molar-refractivity contribution in [3.63, 3.8) is 0 Å². The maximum Gasteiger partial charge on any atom is 0.419 e. The Labute approximate surface area is 134 Å². The summed E-state index contributed by atoms with van der Waals surface area (Å²) in [4.78, 5) is 13.8. The number of carbonyl (C=O) groups excluding carboxylic acids is 1. The summed E-state index contributed by atoms with van der Waals surface area (Å²) < 4.78 is 5.13. The lowest BCUT2D eigenvalue weighted by atomic mass is 9.97. The van der Waals surface area contributed by atoms with E-state index in [9.17, 15) is 4.79 Å². The van der Waals surface area contributed by atoms with Gasteiger partial charge in [-0.25, -0.2) is 4.79 Å². The zero-order valence-corrected chi connectivity index (χ0v) is 13.8. The molecule has 0 bridgehead atoms. The van der Waals surface area contributed by atoms with Crippen LogP contribution < -0.4 is 0 Å². The van der Waals surface area contributed by atoms with E-state index in [0.717, 1.165) is 6.42 Å². The van der Waals surface area contributed by atoms with Crippen molar-refractivity contribution in [2.45, 2.75) is 20.3 Å². The van der Waals surface area contributed by atoms with Gasteiger partial charge in [0.1, 0.15) is 5.76 Å². The van der Waals surface area contributed by atoms with Crippen molar-refractivity contribution in [1.29, 1.82) is 0 Å². The molecule has 0 atom stereocenters. The van der Waals surface area contributed by atoms with E-state index in [-0.39, 0.29) is 11.7 Å². The highest BCUT2D eigenvalue weighted by Gasteiger charge is 2.22. The van der Waals surface area contributed by atoms with Crippen molar-refractivity contribution in [1.82, 2.24) is 4.90 Å². The second-order valence-electron chi connectivity index (χ2n) is 5.34. The maximum absolute atomic E-state index is 12.3. The second kappa shape index (κ2) is 9.61. The molecule has 0 rings (SSSR count). The largest absolute Gasteiger partial charge is 0.419 e. The summed E-state index contributed by atoms with van der Waals surface area (Å²) in [6, 6.07) is 0. The number of carbonyl (C=O) groups is 1. The number of amides is 1. The van der Waals surface area contributed by atoms with Gasteiger partial charge in [0, 0.05) is 18.2 Å². The molecule has 0 aromatic carbocycles. The van der Waals surface area contributed by atoms with Gasteiger partial charge in [0.15, 0.2) is 0 Å². The van der Waals surface area contributed by atoms with Crippen molar-refractivity contribution in [2.24, 2.45) is 11.8 Å². The summed E-state index contributed by atoms with van der Waals surface area (Å²) >= 11 is 0. The normalized spacial score (nSPS) is 10.0. The minimum atomic E-state index is -0.538. The number of nitrogens with zero attached hydrogens (tertiary/aromatic N) is 1. The van der Waals surface area contributed by atoms with Crippen LogP contribution in [0, 0.1) is 11.8 Å². The molecule has 0 saturated heterocycles. The van der Waals surface area contributed by atoms with E-state index < -0.39 is 6.09 Å². The van der Waals surface area contributed by atoms with Gasteiger partial charge < -0.3 is 4.74 Å². The average molecular weight is 301 g/mol. The minimum Gasteiger partial charge on any atom is -0.411 e. The first-order valence-corrected chi connectivity index (χ1v) is 7.22. The maximum atomic E-state index is 12.3. The van der Waals surface area contributed by atoms with Gasteiger partial charge in [-0.05, 0) is 24.0 Å². The van der Waals surface area contributed by atoms with Crippen molar-refractivity contribution >= 4 is 6.09 Å². The van der Waals surface area contributed by atoms with Crippen LogP contribution >= 0.6 is 0 Å². The quantitative estimate of drug-likeness (QED) is 0.314. The van der Waals surface area contributed by atoms with Crippen molar-refractivity contribution in [2.75, 3.05) is 6.54 Å². The molecule has 0 aromatic heterocycles. The monoisotopic (exact) mass is 301 g/mol. The molecule has 0 aliphatic carbocycles. The van der Waals surface area contributed by atoms with Gasteiger partial charge in [0.25, 0.3) is 0 Å². The summed E-state index contributed by atoms with van der Waals surface area (Å²) in [5, 5.41) is 0. The molecule has 3 nitrogen and oxygen atoms in total. The summed E-state index contributed by atoms with van der Waals surface area (Å²) in [6.45, 7) is 27.2. The van der Waals surface area contributed by atoms with Gasteiger partial charge in [-0.1, -0.05) is 52.3 Å². The molecule has 120 valence electrons. The molecular weight excluding hydrogens is 274 g/mol. The smallest absolute Gasteiger partial charge is 0.411 e. The van der Waals surface area contributed by atoms with Crippen LogP contribution in [0.2, 0.25) is 0 Å². The van der Waals surface area contributed by atoms with Gasteiger partial charge >= 0.3 is 6.09 Å². The Morgan fingerprint density at radius 2 is 1.68 bits per heavy atom.